The number of aliphatic carboxylic acids is 2. The van der Waals surface area contributed by atoms with E-state index in [1.54, 1.807) is 13.8 Å². The van der Waals surface area contributed by atoms with Crippen LogP contribution in [0.1, 0.15) is 18.1 Å². The molecule has 4 nitrogen and oxygen atoms in total. The first-order valence-corrected chi connectivity index (χ1v) is 6.43. The molecule has 2 atom stereocenters. The van der Waals surface area contributed by atoms with E-state index in [4.69, 9.17) is 0 Å². The van der Waals surface area contributed by atoms with Crippen molar-refractivity contribution in [3.8, 4) is 0 Å². The third-order valence-corrected chi connectivity index (χ3v) is 4.02. The topological polar surface area (TPSA) is 74.6 Å². The minimum atomic E-state index is -1.51. The first-order chi connectivity index (χ1) is 9.80. The molecule has 0 aromatic heterocycles. The molecule has 0 aliphatic heterocycles. The van der Waals surface area contributed by atoms with E-state index in [0.717, 1.165) is 0 Å². The molecule has 0 spiro atoms. The predicted molar refractivity (Wildman–Crippen MR) is 74.5 cm³/mol. The Bertz CT molecular complexity index is 675. The van der Waals surface area contributed by atoms with E-state index < -0.39 is 29.1 Å². The van der Waals surface area contributed by atoms with Crippen LogP contribution in [0.15, 0.2) is 42.0 Å². The van der Waals surface area contributed by atoms with Crippen LogP contribution in [0.25, 0.3) is 0 Å². The van der Waals surface area contributed by atoms with Gasteiger partial charge in [-0.2, -0.15) is 0 Å². The smallest absolute Gasteiger partial charge is 0.331 e. The highest BCUT2D eigenvalue weighted by Crippen LogP contribution is 2.42. The zero-order valence-corrected chi connectivity index (χ0v) is 11.6. The second-order valence-electron chi connectivity index (χ2n) is 5.14. The van der Waals surface area contributed by atoms with Gasteiger partial charge in [-0.15, -0.1) is 0 Å². The molecule has 2 N–H and O–H groups in total. The number of benzene rings is 1. The number of carbonyl (C=O) groups is 2. The minimum Gasteiger partial charge on any atom is -0.480 e. The molecule has 1 aliphatic rings. The maximum atomic E-state index is 13.3. The van der Waals surface area contributed by atoms with Crippen LogP contribution in [0.3, 0.4) is 0 Å². The molecule has 5 heteroatoms. The van der Waals surface area contributed by atoms with Crippen molar-refractivity contribution in [1.29, 1.82) is 0 Å². The predicted octanol–water partition coefficient (Wildman–Crippen LogP) is 2.67. The highest BCUT2D eigenvalue weighted by Gasteiger charge is 2.48. The molecule has 0 heterocycles. The van der Waals surface area contributed by atoms with Gasteiger partial charge in [-0.1, -0.05) is 31.2 Å². The number of allylic oxidation sites excluding steroid dienone is 2. The van der Waals surface area contributed by atoms with E-state index in [2.05, 4.69) is 0 Å². The molecule has 1 aliphatic carbocycles. The summed E-state index contributed by atoms with van der Waals surface area (Å²) < 4.78 is 13.3. The molecule has 0 radical (unpaired) electrons. The maximum Gasteiger partial charge on any atom is 0.331 e. The molecule has 1 aromatic carbocycles. The Hall–Kier alpha value is -2.43. The molecular weight excluding hydrogens is 275 g/mol. The number of carboxylic acids is 2. The summed E-state index contributed by atoms with van der Waals surface area (Å²) in [5.74, 6) is -3.55. The van der Waals surface area contributed by atoms with Crippen LogP contribution < -0.4 is 0 Å². The van der Waals surface area contributed by atoms with E-state index >= 15 is 0 Å². The largest absolute Gasteiger partial charge is 0.480 e. The number of aryl methyl sites for hydroxylation is 1. The standard InChI is InChI=1S/C16H15FO4/c1-9-8-11(17)5-6-13(9)16(15(20)21)7-3-4-12(10(16)2)14(18)19/h3-8,10H,1-2H3,(H,18,19)(H,20,21). The SMILES string of the molecule is Cc1cc(F)ccc1C1(C(=O)O)C=CC=C(C(=O)O)C1C. The van der Waals surface area contributed by atoms with Crippen LogP contribution in [-0.2, 0) is 15.0 Å². The number of hydrogen-bond acceptors (Lipinski definition) is 2. The van der Waals surface area contributed by atoms with Gasteiger partial charge in [-0.25, -0.2) is 9.18 Å². The second-order valence-corrected chi connectivity index (χ2v) is 5.14. The van der Waals surface area contributed by atoms with Crippen LogP contribution in [0.2, 0.25) is 0 Å². The third kappa shape index (κ3) is 2.24. The first kappa shape index (κ1) is 15.0. The number of rotatable bonds is 3. The molecular formula is C16H15FO4. The Morgan fingerprint density at radius 2 is 1.95 bits per heavy atom. The average Bonchev–Trinajstić information content (AvgIpc) is 2.39. The maximum absolute atomic E-state index is 13.3. The van der Waals surface area contributed by atoms with E-state index in [9.17, 15) is 24.2 Å². The second kappa shape index (κ2) is 5.16. The fourth-order valence-corrected chi connectivity index (χ4v) is 2.88. The van der Waals surface area contributed by atoms with Gasteiger partial charge in [-0.05, 0) is 30.2 Å². The Kier molecular flexibility index (Phi) is 3.68. The quantitative estimate of drug-likeness (QED) is 0.897. The Labute approximate surface area is 121 Å². The fraction of sp³-hybridized carbons (Fsp3) is 0.250. The van der Waals surface area contributed by atoms with Gasteiger partial charge in [0.2, 0.25) is 0 Å². The Morgan fingerprint density at radius 3 is 2.48 bits per heavy atom. The van der Waals surface area contributed by atoms with Gasteiger partial charge in [0.05, 0.1) is 0 Å². The van der Waals surface area contributed by atoms with Crippen molar-refractivity contribution in [3.05, 3.63) is 58.9 Å². The minimum absolute atomic E-state index is 0.0172. The zero-order valence-electron chi connectivity index (χ0n) is 11.6. The molecule has 0 amide bonds. The summed E-state index contributed by atoms with van der Waals surface area (Å²) >= 11 is 0. The fourth-order valence-electron chi connectivity index (χ4n) is 2.88. The van der Waals surface area contributed by atoms with Crippen molar-refractivity contribution < 1.29 is 24.2 Å². The summed E-state index contributed by atoms with van der Waals surface area (Å²) in [6.07, 6.45) is 4.29. The molecule has 110 valence electrons. The van der Waals surface area contributed by atoms with E-state index in [-0.39, 0.29) is 5.57 Å². The Morgan fingerprint density at radius 1 is 1.29 bits per heavy atom. The molecule has 0 saturated heterocycles. The summed E-state index contributed by atoms with van der Waals surface area (Å²) in [6.45, 7) is 3.17. The van der Waals surface area contributed by atoms with Gasteiger partial charge >= 0.3 is 11.9 Å². The van der Waals surface area contributed by atoms with Crippen molar-refractivity contribution in [2.24, 2.45) is 5.92 Å². The van der Waals surface area contributed by atoms with Gasteiger partial charge < -0.3 is 10.2 Å². The van der Waals surface area contributed by atoms with Gasteiger partial charge in [0.15, 0.2) is 0 Å². The van der Waals surface area contributed by atoms with Crippen molar-refractivity contribution >= 4 is 11.9 Å². The lowest BCUT2D eigenvalue weighted by atomic mass is 9.65. The summed E-state index contributed by atoms with van der Waals surface area (Å²) in [6, 6.07) is 3.84. The van der Waals surface area contributed by atoms with Crippen molar-refractivity contribution in [2.75, 3.05) is 0 Å². The van der Waals surface area contributed by atoms with Crippen LogP contribution in [0, 0.1) is 18.7 Å². The van der Waals surface area contributed by atoms with E-state index in [1.807, 2.05) is 0 Å². The van der Waals surface area contributed by atoms with Crippen molar-refractivity contribution in [2.45, 2.75) is 19.3 Å². The molecule has 1 aromatic rings. The Balaban J connectivity index is 2.68. The summed E-state index contributed by atoms with van der Waals surface area (Å²) in [7, 11) is 0. The molecule has 0 bridgehead atoms. The lowest BCUT2D eigenvalue weighted by Gasteiger charge is -2.36. The van der Waals surface area contributed by atoms with Crippen molar-refractivity contribution in [3.63, 3.8) is 0 Å². The van der Waals surface area contributed by atoms with Crippen molar-refractivity contribution in [1.82, 2.24) is 0 Å². The van der Waals surface area contributed by atoms with Crippen LogP contribution in [0.4, 0.5) is 4.39 Å². The summed E-state index contributed by atoms with van der Waals surface area (Å²) in [5, 5.41) is 19.0. The average molecular weight is 290 g/mol. The summed E-state index contributed by atoms with van der Waals surface area (Å²) in [5.41, 5.74) is -0.628. The van der Waals surface area contributed by atoms with Crippen LogP contribution >= 0.6 is 0 Å². The third-order valence-electron chi connectivity index (χ3n) is 4.02. The van der Waals surface area contributed by atoms with Crippen LogP contribution in [0.5, 0.6) is 0 Å². The molecule has 0 fully saturated rings. The summed E-state index contributed by atoms with van der Waals surface area (Å²) in [4.78, 5) is 23.2. The lowest BCUT2D eigenvalue weighted by Crippen LogP contribution is -2.44. The van der Waals surface area contributed by atoms with E-state index in [1.165, 1.54) is 36.4 Å². The monoisotopic (exact) mass is 290 g/mol. The number of hydrogen-bond donors (Lipinski definition) is 2. The number of carboxylic acid groups (broad SMARTS) is 2. The highest BCUT2D eigenvalue weighted by atomic mass is 19.1. The first-order valence-electron chi connectivity index (χ1n) is 6.43. The number of halogens is 1. The zero-order chi connectivity index (χ0) is 15.8. The normalized spacial score (nSPS) is 24.5. The van der Waals surface area contributed by atoms with Gasteiger partial charge in [0.25, 0.3) is 0 Å². The van der Waals surface area contributed by atoms with E-state index in [0.29, 0.717) is 11.1 Å². The van der Waals surface area contributed by atoms with Gasteiger partial charge in [0, 0.05) is 11.5 Å². The van der Waals surface area contributed by atoms with Crippen LogP contribution in [-0.4, -0.2) is 22.2 Å². The molecule has 21 heavy (non-hydrogen) atoms. The molecule has 2 unspecified atom stereocenters. The molecule has 2 rings (SSSR count). The highest BCUT2D eigenvalue weighted by molar-refractivity contribution is 5.94. The lowest BCUT2D eigenvalue weighted by molar-refractivity contribution is -0.143. The van der Waals surface area contributed by atoms with Gasteiger partial charge in [0.1, 0.15) is 11.2 Å². The van der Waals surface area contributed by atoms with Gasteiger partial charge in [-0.3, -0.25) is 4.79 Å². The molecule has 0 saturated carbocycles.